The van der Waals surface area contributed by atoms with Gasteiger partial charge in [-0.1, -0.05) is 13.3 Å². The van der Waals surface area contributed by atoms with Gasteiger partial charge in [-0.2, -0.15) is 0 Å². The van der Waals surface area contributed by atoms with Gasteiger partial charge < -0.3 is 15.0 Å². The molecule has 2 N–H and O–H groups in total. The van der Waals surface area contributed by atoms with Crippen LogP contribution >= 0.6 is 0 Å². The van der Waals surface area contributed by atoms with E-state index in [0.717, 1.165) is 19.3 Å². The number of esters is 1. The normalized spacial score (nSPS) is 24.6. The maximum Gasteiger partial charge on any atom is 0.355 e. The Bertz CT molecular complexity index is 412. The summed E-state index contributed by atoms with van der Waals surface area (Å²) < 4.78 is 7.24. The van der Waals surface area contributed by atoms with Gasteiger partial charge in [-0.05, 0) is 31.2 Å². The predicted molar refractivity (Wildman–Crippen MR) is 66.7 cm³/mol. The molecule has 0 saturated heterocycles. The van der Waals surface area contributed by atoms with E-state index in [9.17, 15) is 4.79 Å². The molecule has 4 heteroatoms. The zero-order chi connectivity index (χ0) is 12.4. The smallest absolute Gasteiger partial charge is 0.355 e. The molecular formula is C13H20N2O2. The van der Waals surface area contributed by atoms with Gasteiger partial charge in [0.2, 0.25) is 0 Å². The molecule has 17 heavy (non-hydrogen) atoms. The lowest BCUT2D eigenvalue weighted by atomic mass is 9.89. The van der Waals surface area contributed by atoms with Crippen molar-refractivity contribution >= 4 is 11.7 Å². The average molecular weight is 236 g/mol. The highest BCUT2D eigenvalue weighted by Gasteiger charge is 2.23. The SMILES string of the molecule is CC1CCCC(OC(=O)c2cc(N)cn2C)C1. The minimum absolute atomic E-state index is 0.0716. The molecule has 0 aromatic carbocycles. The first-order chi connectivity index (χ1) is 8.06. The monoisotopic (exact) mass is 236 g/mol. The Morgan fingerprint density at radius 3 is 2.88 bits per heavy atom. The number of nitrogens with two attached hydrogens (primary N) is 1. The third-order valence-electron chi connectivity index (χ3n) is 3.40. The first kappa shape index (κ1) is 12.0. The molecule has 1 fully saturated rings. The van der Waals surface area contributed by atoms with Gasteiger partial charge in [-0.25, -0.2) is 4.79 Å². The van der Waals surface area contributed by atoms with Crippen molar-refractivity contribution in [1.82, 2.24) is 4.57 Å². The molecule has 1 heterocycles. The van der Waals surface area contributed by atoms with Gasteiger partial charge in [-0.3, -0.25) is 0 Å². The van der Waals surface area contributed by atoms with Gasteiger partial charge >= 0.3 is 5.97 Å². The number of aromatic nitrogens is 1. The van der Waals surface area contributed by atoms with Crippen molar-refractivity contribution < 1.29 is 9.53 Å². The molecule has 94 valence electrons. The molecule has 1 aliphatic rings. The lowest BCUT2D eigenvalue weighted by molar-refractivity contribution is 0.0145. The number of hydrogen-bond acceptors (Lipinski definition) is 3. The zero-order valence-electron chi connectivity index (χ0n) is 10.5. The zero-order valence-corrected chi connectivity index (χ0v) is 10.5. The first-order valence-corrected chi connectivity index (χ1v) is 6.19. The Kier molecular flexibility index (Phi) is 3.41. The van der Waals surface area contributed by atoms with Crippen LogP contribution in [0.15, 0.2) is 12.3 Å². The van der Waals surface area contributed by atoms with Gasteiger partial charge in [0.25, 0.3) is 0 Å². The quantitative estimate of drug-likeness (QED) is 0.802. The summed E-state index contributed by atoms with van der Waals surface area (Å²) in [5, 5.41) is 0. The largest absolute Gasteiger partial charge is 0.458 e. The number of carbonyl (C=O) groups is 1. The maximum absolute atomic E-state index is 12.0. The summed E-state index contributed by atoms with van der Waals surface area (Å²) in [5.74, 6) is 0.392. The third-order valence-corrected chi connectivity index (χ3v) is 3.40. The van der Waals surface area contributed by atoms with E-state index in [1.165, 1.54) is 6.42 Å². The molecule has 0 radical (unpaired) electrons. The van der Waals surface area contributed by atoms with Crippen LogP contribution in [0.4, 0.5) is 5.69 Å². The highest BCUT2D eigenvalue weighted by atomic mass is 16.5. The maximum atomic E-state index is 12.0. The molecule has 4 nitrogen and oxygen atoms in total. The van der Waals surface area contributed by atoms with Crippen molar-refractivity contribution in [2.45, 2.75) is 38.7 Å². The molecule has 0 amide bonds. The fraction of sp³-hybridized carbons (Fsp3) is 0.615. The second-order valence-electron chi connectivity index (χ2n) is 5.07. The van der Waals surface area contributed by atoms with E-state index in [4.69, 9.17) is 10.5 Å². The van der Waals surface area contributed by atoms with Crippen LogP contribution < -0.4 is 5.73 Å². The van der Waals surface area contributed by atoms with Crippen molar-refractivity contribution in [1.29, 1.82) is 0 Å². The molecule has 1 saturated carbocycles. The lowest BCUT2D eigenvalue weighted by Crippen LogP contribution is -2.25. The molecule has 1 aliphatic carbocycles. The molecule has 2 unspecified atom stereocenters. The molecule has 1 aromatic heterocycles. The number of aryl methyl sites for hydroxylation is 1. The van der Waals surface area contributed by atoms with Crippen molar-refractivity contribution in [2.75, 3.05) is 5.73 Å². The summed E-state index contributed by atoms with van der Waals surface area (Å²) in [6.45, 7) is 2.21. The number of anilines is 1. The number of nitrogen functional groups attached to an aromatic ring is 1. The van der Waals surface area contributed by atoms with Gasteiger partial charge in [0.05, 0.1) is 5.69 Å². The van der Waals surface area contributed by atoms with E-state index >= 15 is 0 Å². The highest BCUT2D eigenvalue weighted by Crippen LogP contribution is 2.26. The van der Waals surface area contributed by atoms with Crippen LogP contribution in [0.25, 0.3) is 0 Å². The van der Waals surface area contributed by atoms with Crippen LogP contribution in [0, 0.1) is 5.92 Å². The summed E-state index contributed by atoms with van der Waals surface area (Å²) in [7, 11) is 1.80. The molecular weight excluding hydrogens is 216 g/mol. The van der Waals surface area contributed by atoms with E-state index in [-0.39, 0.29) is 12.1 Å². The highest BCUT2D eigenvalue weighted by molar-refractivity contribution is 5.89. The Morgan fingerprint density at radius 1 is 1.53 bits per heavy atom. The number of carbonyl (C=O) groups excluding carboxylic acids is 1. The minimum Gasteiger partial charge on any atom is -0.458 e. The number of ether oxygens (including phenoxy) is 1. The lowest BCUT2D eigenvalue weighted by Gasteiger charge is -2.26. The fourth-order valence-corrected chi connectivity index (χ4v) is 2.49. The predicted octanol–water partition coefficient (Wildman–Crippen LogP) is 2.34. The Morgan fingerprint density at radius 2 is 2.29 bits per heavy atom. The second-order valence-corrected chi connectivity index (χ2v) is 5.07. The summed E-state index contributed by atoms with van der Waals surface area (Å²) in [6.07, 6.45) is 6.14. The van der Waals surface area contributed by atoms with Crippen LogP contribution in [0.1, 0.15) is 43.1 Å². The summed E-state index contributed by atoms with van der Waals surface area (Å²) >= 11 is 0. The molecule has 1 aromatic rings. The average Bonchev–Trinajstić information content (AvgIpc) is 2.58. The Labute approximate surface area is 102 Å². The fourth-order valence-electron chi connectivity index (χ4n) is 2.49. The number of nitrogens with zero attached hydrogens (tertiary/aromatic N) is 1. The van der Waals surface area contributed by atoms with Crippen molar-refractivity contribution in [3.63, 3.8) is 0 Å². The number of rotatable bonds is 2. The van der Waals surface area contributed by atoms with Crippen molar-refractivity contribution in [2.24, 2.45) is 13.0 Å². The summed E-state index contributed by atoms with van der Waals surface area (Å²) in [5.41, 5.74) is 6.77. The van der Waals surface area contributed by atoms with E-state index in [2.05, 4.69) is 6.92 Å². The summed E-state index contributed by atoms with van der Waals surface area (Å²) in [6, 6.07) is 1.66. The van der Waals surface area contributed by atoms with Crippen LogP contribution in [0.3, 0.4) is 0 Å². The molecule has 0 aliphatic heterocycles. The van der Waals surface area contributed by atoms with Crippen LogP contribution in [-0.4, -0.2) is 16.6 Å². The van der Waals surface area contributed by atoms with E-state index in [0.29, 0.717) is 17.3 Å². The van der Waals surface area contributed by atoms with Crippen LogP contribution in [0.2, 0.25) is 0 Å². The first-order valence-electron chi connectivity index (χ1n) is 6.19. The van der Waals surface area contributed by atoms with Gasteiger partial charge in [0.1, 0.15) is 11.8 Å². The van der Waals surface area contributed by atoms with E-state index in [1.54, 1.807) is 23.9 Å². The Hall–Kier alpha value is -1.45. The molecule has 2 atom stereocenters. The topological polar surface area (TPSA) is 57.2 Å². The van der Waals surface area contributed by atoms with Gasteiger partial charge in [-0.15, -0.1) is 0 Å². The van der Waals surface area contributed by atoms with Gasteiger partial charge in [0.15, 0.2) is 0 Å². The van der Waals surface area contributed by atoms with E-state index < -0.39 is 0 Å². The minimum atomic E-state index is -0.261. The van der Waals surface area contributed by atoms with Crippen LogP contribution in [-0.2, 0) is 11.8 Å². The van der Waals surface area contributed by atoms with Crippen LogP contribution in [0.5, 0.6) is 0 Å². The molecule has 0 spiro atoms. The Balaban J connectivity index is 1.99. The van der Waals surface area contributed by atoms with Crippen molar-refractivity contribution in [3.8, 4) is 0 Å². The second kappa shape index (κ2) is 4.82. The molecule has 2 rings (SSSR count). The van der Waals surface area contributed by atoms with Crippen molar-refractivity contribution in [3.05, 3.63) is 18.0 Å². The standard InChI is InChI=1S/C13H20N2O2/c1-9-4-3-5-11(6-9)17-13(16)12-7-10(14)8-15(12)2/h7-9,11H,3-6,14H2,1-2H3. The summed E-state index contributed by atoms with van der Waals surface area (Å²) in [4.78, 5) is 12.0. The third kappa shape index (κ3) is 2.81. The number of hydrogen-bond donors (Lipinski definition) is 1. The van der Waals surface area contributed by atoms with E-state index in [1.807, 2.05) is 0 Å². The van der Waals surface area contributed by atoms with Gasteiger partial charge in [0, 0.05) is 13.2 Å². The molecule has 0 bridgehead atoms.